The van der Waals surface area contributed by atoms with Crippen LogP contribution < -0.4 is 10.0 Å². The topological polar surface area (TPSA) is 71.1 Å². The highest BCUT2D eigenvalue weighted by Crippen LogP contribution is 2.18. The minimum absolute atomic E-state index is 0. The first-order valence-corrected chi connectivity index (χ1v) is 9.08. The molecule has 0 saturated carbocycles. The number of halogens is 2. The lowest BCUT2D eigenvalue weighted by Crippen LogP contribution is -2.35. The summed E-state index contributed by atoms with van der Waals surface area (Å²) in [5.41, 5.74) is 0. The van der Waals surface area contributed by atoms with Crippen LogP contribution in [0, 0.1) is 0 Å². The average Bonchev–Trinajstić information content (AvgIpc) is 2.50. The summed E-state index contributed by atoms with van der Waals surface area (Å²) in [5.74, 6) is 0. The zero-order valence-corrected chi connectivity index (χ0v) is 16.3. The molecule has 136 valence electrons. The lowest BCUT2D eigenvalue weighted by atomic mass is 10.2. The van der Waals surface area contributed by atoms with E-state index in [2.05, 4.69) is 21.9 Å². The van der Waals surface area contributed by atoms with Crippen LogP contribution in [0.5, 0.6) is 0 Å². The molecule has 2 N–H and O–H groups in total. The highest BCUT2D eigenvalue weighted by molar-refractivity contribution is 7.89. The van der Waals surface area contributed by atoms with Crippen LogP contribution in [0.15, 0.2) is 41.6 Å². The Morgan fingerprint density at radius 3 is 2.58 bits per heavy atom. The van der Waals surface area contributed by atoms with E-state index >= 15 is 0 Å². The van der Waals surface area contributed by atoms with Crippen LogP contribution in [0.2, 0.25) is 0 Å². The van der Waals surface area contributed by atoms with Gasteiger partial charge in [0.2, 0.25) is 10.0 Å². The summed E-state index contributed by atoms with van der Waals surface area (Å²) in [5, 5.41) is 5.07. The van der Waals surface area contributed by atoms with Gasteiger partial charge in [-0.3, -0.25) is 4.98 Å². The first-order valence-electron chi connectivity index (χ1n) is 7.60. The van der Waals surface area contributed by atoms with Crippen molar-refractivity contribution in [2.75, 3.05) is 13.1 Å². The van der Waals surface area contributed by atoms with Gasteiger partial charge in [-0.1, -0.05) is 13.0 Å². The first kappa shape index (κ1) is 23.1. The number of hydrogen-bond donors (Lipinski definition) is 2. The molecule has 8 heteroatoms. The predicted octanol–water partition coefficient (Wildman–Crippen LogP) is 3.13. The van der Waals surface area contributed by atoms with E-state index in [1.54, 1.807) is 30.6 Å². The van der Waals surface area contributed by atoms with Crippen molar-refractivity contribution in [3.8, 4) is 0 Å². The maximum absolute atomic E-state index is 12.4. The Balaban J connectivity index is 0.00000264. The highest BCUT2D eigenvalue weighted by atomic mass is 35.5. The van der Waals surface area contributed by atoms with Gasteiger partial charge in [0.25, 0.3) is 0 Å². The molecule has 0 radical (unpaired) electrons. The van der Waals surface area contributed by atoms with Crippen LogP contribution in [0.3, 0.4) is 0 Å². The summed E-state index contributed by atoms with van der Waals surface area (Å²) >= 11 is 0. The number of nitrogens with one attached hydrogen (secondary N) is 2. The lowest BCUT2D eigenvalue weighted by Gasteiger charge is -2.15. The number of nitrogens with zero attached hydrogens (tertiary/aromatic N) is 1. The number of sulfonamides is 1. The zero-order valence-electron chi connectivity index (χ0n) is 13.9. The average molecular weight is 394 g/mol. The monoisotopic (exact) mass is 393 g/mol. The van der Waals surface area contributed by atoms with E-state index in [0.29, 0.717) is 4.90 Å². The van der Waals surface area contributed by atoms with Crippen molar-refractivity contribution in [1.29, 1.82) is 0 Å². The fourth-order valence-corrected chi connectivity index (χ4v) is 3.55. The van der Waals surface area contributed by atoms with E-state index in [9.17, 15) is 8.42 Å². The van der Waals surface area contributed by atoms with Crippen LogP contribution >= 0.6 is 24.8 Å². The predicted molar refractivity (Wildman–Crippen MR) is 104 cm³/mol. The van der Waals surface area contributed by atoms with E-state index in [1.807, 2.05) is 13.0 Å². The molecule has 2 aromatic rings. The molecule has 5 nitrogen and oxygen atoms in total. The standard InChI is InChI=1S/C16H23N3O2S.2ClH/c1-3-8-17-9-6-13(2)19-22(20,21)16-5-4-15-12-18-10-7-14(15)11-16;;/h4-5,7,10-13,17,19H,3,6,8-9H2,1-2H3;2*1H. The van der Waals surface area contributed by atoms with E-state index in [4.69, 9.17) is 0 Å². The van der Waals surface area contributed by atoms with Gasteiger partial charge in [-0.25, -0.2) is 13.1 Å². The molecule has 0 spiro atoms. The highest BCUT2D eigenvalue weighted by Gasteiger charge is 2.17. The molecule has 1 aromatic carbocycles. The number of aromatic nitrogens is 1. The SMILES string of the molecule is CCCNCCC(C)NS(=O)(=O)c1ccc2cnccc2c1.Cl.Cl. The maximum atomic E-state index is 12.4. The fraction of sp³-hybridized carbons (Fsp3) is 0.438. The normalized spacial score (nSPS) is 12.2. The molecule has 0 bridgehead atoms. The Bertz CT molecular complexity index is 726. The van der Waals surface area contributed by atoms with Crippen molar-refractivity contribution < 1.29 is 8.42 Å². The van der Waals surface area contributed by atoms with Crippen LogP contribution in [0.25, 0.3) is 10.8 Å². The first-order chi connectivity index (χ1) is 10.5. The van der Waals surface area contributed by atoms with Gasteiger partial charge in [0, 0.05) is 23.8 Å². The van der Waals surface area contributed by atoms with Gasteiger partial charge in [0.05, 0.1) is 4.90 Å². The Morgan fingerprint density at radius 1 is 1.12 bits per heavy atom. The summed E-state index contributed by atoms with van der Waals surface area (Å²) in [7, 11) is -3.49. The number of benzene rings is 1. The molecule has 0 aliphatic carbocycles. The van der Waals surface area contributed by atoms with Gasteiger partial charge >= 0.3 is 0 Å². The molecular weight excluding hydrogens is 369 g/mol. The molecule has 24 heavy (non-hydrogen) atoms. The van der Waals surface area contributed by atoms with Crippen molar-refractivity contribution in [3.63, 3.8) is 0 Å². The van der Waals surface area contributed by atoms with Gasteiger partial charge in [-0.05, 0) is 56.4 Å². The summed E-state index contributed by atoms with van der Waals surface area (Å²) in [6, 6.07) is 6.79. The molecule has 1 unspecified atom stereocenters. The minimum atomic E-state index is -3.49. The minimum Gasteiger partial charge on any atom is -0.317 e. The van der Waals surface area contributed by atoms with E-state index in [0.717, 1.165) is 36.7 Å². The summed E-state index contributed by atoms with van der Waals surface area (Å²) in [4.78, 5) is 4.32. The Hall–Kier alpha value is -0.920. The molecule has 0 fully saturated rings. The second-order valence-electron chi connectivity index (χ2n) is 5.45. The molecule has 2 rings (SSSR count). The van der Waals surface area contributed by atoms with Gasteiger partial charge < -0.3 is 5.32 Å². The van der Waals surface area contributed by atoms with Gasteiger partial charge in [-0.15, -0.1) is 24.8 Å². The smallest absolute Gasteiger partial charge is 0.240 e. The fourth-order valence-electron chi connectivity index (χ4n) is 2.24. The summed E-state index contributed by atoms with van der Waals surface area (Å²) in [6.45, 7) is 5.75. The quantitative estimate of drug-likeness (QED) is 0.675. The van der Waals surface area contributed by atoms with E-state index in [-0.39, 0.29) is 30.9 Å². The van der Waals surface area contributed by atoms with Crippen molar-refractivity contribution >= 4 is 45.6 Å². The van der Waals surface area contributed by atoms with Gasteiger partial charge in [-0.2, -0.15) is 0 Å². The van der Waals surface area contributed by atoms with Crippen molar-refractivity contribution in [2.45, 2.75) is 37.6 Å². The maximum Gasteiger partial charge on any atom is 0.240 e. The van der Waals surface area contributed by atoms with E-state index in [1.165, 1.54) is 0 Å². The van der Waals surface area contributed by atoms with E-state index < -0.39 is 10.0 Å². The number of fused-ring (bicyclic) bond motifs is 1. The Morgan fingerprint density at radius 2 is 1.88 bits per heavy atom. The largest absolute Gasteiger partial charge is 0.317 e. The molecular formula is C16H25Cl2N3O2S. The molecule has 0 aliphatic heterocycles. The molecule has 1 heterocycles. The van der Waals surface area contributed by atoms with Crippen LogP contribution in [0.1, 0.15) is 26.7 Å². The number of pyridine rings is 1. The lowest BCUT2D eigenvalue weighted by molar-refractivity contribution is 0.529. The van der Waals surface area contributed by atoms with Crippen LogP contribution in [0.4, 0.5) is 0 Å². The second-order valence-corrected chi connectivity index (χ2v) is 7.16. The Labute approximate surface area is 156 Å². The molecule has 0 aliphatic rings. The molecule has 1 aromatic heterocycles. The van der Waals surface area contributed by atoms with Crippen LogP contribution in [-0.4, -0.2) is 32.5 Å². The second kappa shape index (κ2) is 10.8. The van der Waals surface area contributed by atoms with Gasteiger partial charge in [0.15, 0.2) is 0 Å². The molecule has 0 saturated heterocycles. The van der Waals surface area contributed by atoms with Crippen molar-refractivity contribution in [1.82, 2.24) is 15.0 Å². The van der Waals surface area contributed by atoms with Gasteiger partial charge in [0.1, 0.15) is 0 Å². The number of rotatable bonds is 8. The zero-order chi connectivity index (χ0) is 16.0. The molecule has 1 atom stereocenters. The summed E-state index contributed by atoms with van der Waals surface area (Å²) in [6.07, 6.45) is 5.22. The Kier molecular flexibility index (Phi) is 10.4. The molecule has 0 amide bonds. The third kappa shape index (κ3) is 6.53. The van der Waals surface area contributed by atoms with Crippen LogP contribution in [-0.2, 0) is 10.0 Å². The van der Waals surface area contributed by atoms with Crippen molar-refractivity contribution in [3.05, 3.63) is 36.7 Å². The summed E-state index contributed by atoms with van der Waals surface area (Å²) < 4.78 is 27.6. The number of hydrogen-bond acceptors (Lipinski definition) is 4. The van der Waals surface area contributed by atoms with Crippen molar-refractivity contribution in [2.24, 2.45) is 0 Å². The third-order valence-corrected chi connectivity index (χ3v) is 5.05. The third-order valence-electron chi connectivity index (χ3n) is 3.46.